The van der Waals surface area contributed by atoms with Crippen LogP contribution in [0.5, 0.6) is 5.75 Å². The molecule has 186 valence electrons. The maximum atomic E-state index is 13.0. The fourth-order valence-corrected chi connectivity index (χ4v) is 4.60. The molecule has 0 aliphatic carbocycles. The number of Topliss-reactive ketones (excluding diaryl/α,β-unsaturated/α-hetero) is 1. The van der Waals surface area contributed by atoms with Crippen LogP contribution >= 0.6 is 0 Å². The lowest BCUT2D eigenvalue weighted by Crippen LogP contribution is -2.32. The van der Waals surface area contributed by atoms with E-state index in [4.69, 9.17) is 9.47 Å². The van der Waals surface area contributed by atoms with Crippen molar-refractivity contribution in [3.05, 3.63) is 77.9 Å². The van der Waals surface area contributed by atoms with Crippen LogP contribution in [0.15, 0.2) is 71.7 Å². The summed E-state index contributed by atoms with van der Waals surface area (Å²) in [6.45, 7) is 4.27. The molecule has 0 spiro atoms. The lowest BCUT2D eigenvalue weighted by molar-refractivity contribution is -0.140. The third-order valence-electron chi connectivity index (χ3n) is 5.55. The Kier molecular flexibility index (Phi) is 8.11. The summed E-state index contributed by atoms with van der Waals surface area (Å²) in [5.41, 5.74) is 0.720. The van der Waals surface area contributed by atoms with Crippen molar-refractivity contribution >= 4 is 27.5 Å². The van der Waals surface area contributed by atoms with Crippen molar-refractivity contribution in [1.82, 2.24) is 9.21 Å². The third-order valence-corrected chi connectivity index (χ3v) is 7.38. The van der Waals surface area contributed by atoms with Crippen molar-refractivity contribution < 1.29 is 32.6 Å². The average Bonchev–Trinajstić information content (AvgIpc) is 3.10. The van der Waals surface area contributed by atoms with Gasteiger partial charge in [-0.25, -0.2) is 12.7 Å². The zero-order valence-corrected chi connectivity index (χ0v) is 20.6. The van der Waals surface area contributed by atoms with E-state index in [9.17, 15) is 23.1 Å². The van der Waals surface area contributed by atoms with Crippen molar-refractivity contribution in [3.8, 4) is 5.75 Å². The largest absolute Gasteiger partial charge is 0.507 e. The second kappa shape index (κ2) is 10.9. The first-order chi connectivity index (χ1) is 16.6. The summed E-state index contributed by atoms with van der Waals surface area (Å²) in [5, 5.41) is 11.1. The van der Waals surface area contributed by atoms with Gasteiger partial charge in [-0.1, -0.05) is 24.8 Å². The molecule has 0 saturated carbocycles. The van der Waals surface area contributed by atoms with E-state index in [-0.39, 0.29) is 29.2 Å². The quantitative estimate of drug-likeness (QED) is 0.231. The summed E-state index contributed by atoms with van der Waals surface area (Å²) in [4.78, 5) is 27.3. The number of nitrogens with zero attached hydrogens (tertiary/aromatic N) is 2. The van der Waals surface area contributed by atoms with Crippen molar-refractivity contribution in [2.24, 2.45) is 0 Å². The van der Waals surface area contributed by atoms with Gasteiger partial charge in [-0.05, 0) is 42.0 Å². The predicted octanol–water partition coefficient (Wildman–Crippen LogP) is 2.57. The molecule has 10 heteroatoms. The van der Waals surface area contributed by atoms with Crippen molar-refractivity contribution in [2.75, 3.05) is 41.0 Å². The number of aliphatic hydroxyl groups is 1. The maximum absolute atomic E-state index is 13.0. The van der Waals surface area contributed by atoms with E-state index in [1.54, 1.807) is 30.3 Å². The van der Waals surface area contributed by atoms with E-state index in [2.05, 4.69) is 6.58 Å². The van der Waals surface area contributed by atoms with Crippen LogP contribution in [0.3, 0.4) is 0 Å². The van der Waals surface area contributed by atoms with Gasteiger partial charge in [0, 0.05) is 33.3 Å². The van der Waals surface area contributed by atoms with E-state index < -0.39 is 33.5 Å². The first kappa shape index (κ1) is 26.1. The average molecular weight is 501 g/mol. The van der Waals surface area contributed by atoms with E-state index in [1.165, 1.54) is 50.4 Å². The number of hydrogen-bond donors (Lipinski definition) is 1. The highest BCUT2D eigenvalue weighted by Gasteiger charge is 2.45. The number of carbonyl (C=O) groups excluding carboxylic acids is 2. The molecule has 2 aromatic carbocycles. The molecule has 1 heterocycles. The Morgan fingerprint density at radius 1 is 1.11 bits per heavy atom. The lowest BCUT2D eigenvalue weighted by atomic mass is 9.95. The standard InChI is InChI=1S/C25H28N2O7S/c1-5-15-34-19-10-6-17(7-11-19)22-21(24(29)25(30)27(22)14-16-33-4)23(28)18-8-12-20(13-9-18)35(31,32)26(2)3/h5-13,22,28H,1,14-16H2,2-4H3/t22-/m1/s1. The first-order valence-electron chi connectivity index (χ1n) is 10.8. The monoisotopic (exact) mass is 500 g/mol. The minimum Gasteiger partial charge on any atom is -0.507 e. The summed E-state index contributed by atoms with van der Waals surface area (Å²) in [7, 11) is 0.650. The SMILES string of the molecule is C=CCOc1ccc([C@@H]2C(=C(O)c3ccc(S(=O)(=O)N(C)C)cc3)C(=O)C(=O)N2CCOC)cc1. The zero-order valence-electron chi connectivity index (χ0n) is 19.8. The molecule has 1 saturated heterocycles. The molecule has 1 aliphatic rings. The third kappa shape index (κ3) is 5.29. The fraction of sp³-hybridized carbons (Fsp3) is 0.280. The van der Waals surface area contributed by atoms with Gasteiger partial charge in [0.25, 0.3) is 11.7 Å². The molecular weight excluding hydrogens is 472 g/mol. The molecule has 0 radical (unpaired) electrons. The molecule has 1 N–H and O–H groups in total. The number of sulfonamides is 1. The second-order valence-corrected chi connectivity index (χ2v) is 10.1. The number of hydrogen-bond acceptors (Lipinski definition) is 7. The molecule has 3 rings (SSSR count). The van der Waals surface area contributed by atoms with Crippen LogP contribution in [0.2, 0.25) is 0 Å². The molecule has 35 heavy (non-hydrogen) atoms. The molecular formula is C25H28N2O7S. The Balaban J connectivity index is 2.08. The highest BCUT2D eigenvalue weighted by atomic mass is 32.2. The van der Waals surface area contributed by atoms with Gasteiger partial charge in [-0.15, -0.1) is 0 Å². The number of rotatable bonds is 10. The van der Waals surface area contributed by atoms with Crippen LogP contribution in [-0.2, 0) is 24.3 Å². The normalized spacial score (nSPS) is 17.7. The maximum Gasteiger partial charge on any atom is 0.295 e. The number of methoxy groups -OCH3 is 1. The van der Waals surface area contributed by atoms with Gasteiger partial charge in [0.05, 0.1) is 23.1 Å². The van der Waals surface area contributed by atoms with Crippen molar-refractivity contribution in [3.63, 3.8) is 0 Å². The number of amides is 1. The van der Waals surface area contributed by atoms with E-state index in [0.29, 0.717) is 17.9 Å². The number of carbonyl (C=O) groups is 2. The van der Waals surface area contributed by atoms with Gasteiger partial charge in [-0.2, -0.15) is 0 Å². The smallest absolute Gasteiger partial charge is 0.295 e. The van der Waals surface area contributed by atoms with E-state index >= 15 is 0 Å². The molecule has 2 aromatic rings. The van der Waals surface area contributed by atoms with Crippen LogP contribution in [0.4, 0.5) is 0 Å². The lowest BCUT2D eigenvalue weighted by Gasteiger charge is -2.25. The summed E-state index contributed by atoms with van der Waals surface area (Å²) in [5.74, 6) is -1.40. The van der Waals surface area contributed by atoms with Crippen LogP contribution < -0.4 is 4.74 Å². The summed E-state index contributed by atoms with van der Waals surface area (Å²) < 4.78 is 36.4. The van der Waals surface area contributed by atoms with Gasteiger partial charge in [0.1, 0.15) is 18.1 Å². The summed E-state index contributed by atoms with van der Waals surface area (Å²) in [6, 6.07) is 11.5. The van der Waals surface area contributed by atoms with Crippen LogP contribution in [0, 0.1) is 0 Å². The van der Waals surface area contributed by atoms with Crippen molar-refractivity contribution in [1.29, 1.82) is 0 Å². The Labute approximate surface area is 204 Å². The topological polar surface area (TPSA) is 113 Å². The Morgan fingerprint density at radius 2 is 1.74 bits per heavy atom. The highest BCUT2D eigenvalue weighted by molar-refractivity contribution is 7.89. The van der Waals surface area contributed by atoms with Gasteiger partial charge in [-0.3, -0.25) is 9.59 Å². The molecule has 1 fully saturated rings. The molecule has 1 amide bonds. The van der Waals surface area contributed by atoms with Crippen molar-refractivity contribution in [2.45, 2.75) is 10.9 Å². The summed E-state index contributed by atoms with van der Waals surface area (Å²) >= 11 is 0. The predicted molar refractivity (Wildman–Crippen MR) is 130 cm³/mol. The van der Waals surface area contributed by atoms with Gasteiger partial charge >= 0.3 is 0 Å². The number of likely N-dealkylation sites (tertiary alicyclic amines) is 1. The minimum atomic E-state index is -3.67. The molecule has 0 bridgehead atoms. The first-order valence-corrected chi connectivity index (χ1v) is 12.2. The van der Waals surface area contributed by atoms with Crippen LogP contribution in [0.25, 0.3) is 5.76 Å². The second-order valence-electron chi connectivity index (χ2n) is 7.97. The van der Waals surface area contributed by atoms with Crippen LogP contribution in [0.1, 0.15) is 17.2 Å². The molecule has 1 atom stereocenters. The Bertz CT molecular complexity index is 1230. The Morgan fingerprint density at radius 3 is 2.29 bits per heavy atom. The highest BCUT2D eigenvalue weighted by Crippen LogP contribution is 2.39. The number of ether oxygens (including phenoxy) is 2. The fourth-order valence-electron chi connectivity index (χ4n) is 3.70. The molecule has 1 aliphatic heterocycles. The van der Waals surface area contributed by atoms with Gasteiger partial charge < -0.3 is 19.5 Å². The number of aliphatic hydroxyl groups excluding tert-OH is 1. The minimum absolute atomic E-state index is 0.0336. The molecule has 0 unspecified atom stereocenters. The summed E-state index contributed by atoms with van der Waals surface area (Å²) in [6.07, 6.45) is 1.61. The van der Waals surface area contributed by atoms with E-state index in [0.717, 1.165) is 4.31 Å². The van der Waals surface area contributed by atoms with Gasteiger partial charge in [0.2, 0.25) is 10.0 Å². The van der Waals surface area contributed by atoms with Gasteiger partial charge in [0.15, 0.2) is 0 Å². The molecule has 0 aromatic heterocycles. The Hall–Kier alpha value is -3.47. The van der Waals surface area contributed by atoms with Crippen LogP contribution in [-0.4, -0.2) is 75.4 Å². The number of ketones is 1. The molecule has 9 nitrogen and oxygen atoms in total. The zero-order chi connectivity index (χ0) is 25.8. The van der Waals surface area contributed by atoms with E-state index in [1.807, 2.05) is 0 Å². The number of benzene rings is 2.